The van der Waals surface area contributed by atoms with Gasteiger partial charge < -0.3 is 15.5 Å². The maximum atomic E-state index is 10.4. The number of rotatable bonds is 6. The fourth-order valence-electron chi connectivity index (χ4n) is 1.46. The summed E-state index contributed by atoms with van der Waals surface area (Å²) in [6.45, 7) is 1.95. The number of benzene rings is 1. The molecule has 1 rings (SSSR count). The van der Waals surface area contributed by atoms with E-state index in [9.17, 15) is 4.79 Å². The van der Waals surface area contributed by atoms with Crippen molar-refractivity contribution in [2.45, 2.75) is 32.4 Å². The minimum atomic E-state index is -0.780. The van der Waals surface area contributed by atoms with E-state index in [-0.39, 0.29) is 19.1 Å². The molecule has 0 aromatic heterocycles. The minimum Gasteiger partial charge on any atom is -0.481 e. The normalized spacial score (nSPS) is 12.1. The maximum absolute atomic E-state index is 10.4. The molecule has 16 heavy (non-hydrogen) atoms. The lowest BCUT2D eigenvalue weighted by Gasteiger charge is -2.14. The molecule has 0 aliphatic heterocycles. The Morgan fingerprint density at radius 2 is 2.25 bits per heavy atom. The van der Waals surface area contributed by atoms with E-state index in [1.165, 1.54) is 0 Å². The van der Waals surface area contributed by atoms with E-state index in [0.717, 1.165) is 11.3 Å². The second kappa shape index (κ2) is 6.12. The highest BCUT2D eigenvalue weighted by molar-refractivity contribution is 5.66. The molecule has 0 saturated carbocycles. The molecule has 1 atom stereocenters. The molecule has 0 aliphatic rings. The topological polar surface area (TPSA) is 69.6 Å². The van der Waals surface area contributed by atoms with E-state index in [2.05, 4.69) is 5.32 Å². The van der Waals surface area contributed by atoms with Crippen LogP contribution in [0.1, 0.15) is 25.3 Å². The number of hydrogen-bond donors (Lipinski definition) is 3. The quantitative estimate of drug-likeness (QED) is 0.688. The molecule has 0 fully saturated rings. The molecule has 0 heterocycles. The number of carboxylic acids is 1. The van der Waals surface area contributed by atoms with E-state index >= 15 is 0 Å². The lowest BCUT2D eigenvalue weighted by atomic mass is 10.1. The predicted octanol–water partition coefficient (Wildman–Crippen LogP) is 1.84. The number of aliphatic hydroxyl groups excluding tert-OH is 1. The SMILES string of the molecule is CC(CCC(=O)O)Nc1cccc(CO)c1. The Bertz CT molecular complexity index is 352. The van der Waals surface area contributed by atoms with Crippen molar-refractivity contribution in [2.75, 3.05) is 5.32 Å². The van der Waals surface area contributed by atoms with Crippen LogP contribution in [0.4, 0.5) is 5.69 Å². The zero-order valence-electron chi connectivity index (χ0n) is 9.31. The highest BCUT2D eigenvalue weighted by Gasteiger charge is 2.05. The van der Waals surface area contributed by atoms with Crippen molar-refractivity contribution in [3.05, 3.63) is 29.8 Å². The number of carbonyl (C=O) groups is 1. The third-order valence-electron chi connectivity index (χ3n) is 2.31. The van der Waals surface area contributed by atoms with Crippen LogP contribution in [0.5, 0.6) is 0 Å². The molecule has 1 aromatic carbocycles. The van der Waals surface area contributed by atoms with Gasteiger partial charge in [0.2, 0.25) is 0 Å². The van der Waals surface area contributed by atoms with E-state index in [4.69, 9.17) is 10.2 Å². The summed E-state index contributed by atoms with van der Waals surface area (Å²) in [5, 5.41) is 20.7. The number of anilines is 1. The molecule has 0 saturated heterocycles. The Balaban J connectivity index is 2.48. The maximum Gasteiger partial charge on any atom is 0.303 e. The van der Waals surface area contributed by atoms with Gasteiger partial charge >= 0.3 is 5.97 Å². The largest absolute Gasteiger partial charge is 0.481 e. The van der Waals surface area contributed by atoms with Crippen molar-refractivity contribution in [2.24, 2.45) is 0 Å². The first-order chi connectivity index (χ1) is 7.61. The Labute approximate surface area is 94.9 Å². The van der Waals surface area contributed by atoms with Crippen molar-refractivity contribution in [1.29, 1.82) is 0 Å². The molecule has 4 nitrogen and oxygen atoms in total. The molecule has 3 N–H and O–H groups in total. The van der Waals surface area contributed by atoms with Crippen LogP contribution in [0.2, 0.25) is 0 Å². The van der Waals surface area contributed by atoms with Crippen molar-refractivity contribution in [3.8, 4) is 0 Å². The zero-order chi connectivity index (χ0) is 12.0. The Hall–Kier alpha value is -1.55. The van der Waals surface area contributed by atoms with Gasteiger partial charge in [0.15, 0.2) is 0 Å². The first kappa shape index (κ1) is 12.5. The van der Waals surface area contributed by atoms with E-state index in [1.54, 1.807) is 0 Å². The predicted molar refractivity (Wildman–Crippen MR) is 62.3 cm³/mol. The summed E-state index contributed by atoms with van der Waals surface area (Å²) in [4.78, 5) is 10.4. The molecule has 1 aromatic rings. The third-order valence-corrected chi connectivity index (χ3v) is 2.31. The summed E-state index contributed by atoms with van der Waals surface area (Å²) in [6.07, 6.45) is 0.743. The molecular weight excluding hydrogens is 206 g/mol. The first-order valence-electron chi connectivity index (χ1n) is 5.30. The van der Waals surface area contributed by atoms with Crippen LogP contribution in [0.25, 0.3) is 0 Å². The highest BCUT2D eigenvalue weighted by atomic mass is 16.4. The molecule has 0 aliphatic carbocycles. The standard InChI is InChI=1S/C12H17NO3/c1-9(5-6-12(15)16)13-11-4-2-3-10(7-11)8-14/h2-4,7,9,13-14H,5-6,8H2,1H3,(H,15,16). The summed E-state index contributed by atoms with van der Waals surface area (Å²) >= 11 is 0. The van der Waals surface area contributed by atoms with Crippen LogP contribution in [-0.2, 0) is 11.4 Å². The van der Waals surface area contributed by atoms with E-state index in [1.807, 2.05) is 31.2 Å². The van der Waals surface area contributed by atoms with Gasteiger partial charge in [-0.05, 0) is 31.0 Å². The van der Waals surface area contributed by atoms with Crippen molar-refractivity contribution < 1.29 is 15.0 Å². The van der Waals surface area contributed by atoms with Gasteiger partial charge in [-0.3, -0.25) is 4.79 Å². The summed E-state index contributed by atoms with van der Waals surface area (Å²) in [7, 11) is 0. The van der Waals surface area contributed by atoms with Gasteiger partial charge in [0, 0.05) is 18.2 Å². The minimum absolute atomic E-state index is 0.0129. The molecule has 0 spiro atoms. The van der Waals surface area contributed by atoms with Crippen LogP contribution in [-0.4, -0.2) is 22.2 Å². The monoisotopic (exact) mass is 223 g/mol. The van der Waals surface area contributed by atoms with E-state index in [0.29, 0.717) is 6.42 Å². The van der Waals surface area contributed by atoms with Crippen LogP contribution < -0.4 is 5.32 Å². The second-order valence-electron chi connectivity index (χ2n) is 3.84. The molecule has 0 radical (unpaired) electrons. The van der Waals surface area contributed by atoms with Crippen LogP contribution >= 0.6 is 0 Å². The summed E-state index contributed by atoms with van der Waals surface area (Å²) in [6, 6.07) is 7.56. The van der Waals surface area contributed by atoms with Crippen molar-refractivity contribution in [1.82, 2.24) is 0 Å². The molecule has 0 bridgehead atoms. The first-order valence-corrected chi connectivity index (χ1v) is 5.30. The summed E-state index contributed by atoms with van der Waals surface area (Å²) < 4.78 is 0. The Kier molecular flexibility index (Phi) is 4.79. The van der Waals surface area contributed by atoms with E-state index < -0.39 is 5.97 Å². The molecule has 1 unspecified atom stereocenters. The van der Waals surface area contributed by atoms with Gasteiger partial charge in [-0.25, -0.2) is 0 Å². The molecule has 4 heteroatoms. The average Bonchev–Trinajstić information content (AvgIpc) is 2.26. The van der Waals surface area contributed by atoms with Crippen molar-refractivity contribution in [3.63, 3.8) is 0 Å². The fourth-order valence-corrected chi connectivity index (χ4v) is 1.46. The summed E-state index contributed by atoms with van der Waals surface area (Å²) in [5.74, 6) is -0.780. The van der Waals surface area contributed by atoms with Crippen molar-refractivity contribution >= 4 is 11.7 Å². The summed E-state index contributed by atoms with van der Waals surface area (Å²) in [5.41, 5.74) is 1.75. The molecule has 0 amide bonds. The van der Waals surface area contributed by atoms with Crippen LogP contribution in [0.3, 0.4) is 0 Å². The van der Waals surface area contributed by atoms with Gasteiger partial charge in [-0.2, -0.15) is 0 Å². The zero-order valence-corrected chi connectivity index (χ0v) is 9.31. The lowest BCUT2D eigenvalue weighted by molar-refractivity contribution is -0.137. The smallest absolute Gasteiger partial charge is 0.303 e. The van der Waals surface area contributed by atoms with Gasteiger partial charge in [-0.1, -0.05) is 12.1 Å². The number of aliphatic carboxylic acids is 1. The van der Waals surface area contributed by atoms with Gasteiger partial charge in [-0.15, -0.1) is 0 Å². The molecular formula is C12H17NO3. The lowest BCUT2D eigenvalue weighted by Crippen LogP contribution is -2.16. The third kappa shape index (κ3) is 4.31. The average molecular weight is 223 g/mol. The number of nitrogens with one attached hydrogen (secondary N) is 1. The van der Waals surface area contributed by atoms with Gasteiger partial charge in [0.1, 0.15) is 0 Å². The number of hydrogen-bond acceptors (Lipinski definition) is 3. The highest BCUT2D eigenvalue weighted by Crippen LogP contribution is 2.13. The fraction of sp³-hybridized carbons (Fsp3) is 0.417. The van der Waals surface area contributed by atoms with Crippen LogP contribution in [0.15, 0.2) is 24.3 Å². The number of carboxylic acid groups (broad SMARTS) is 1. The van der Waals surface area contributed by atoms with Gasteiger partial charge in [0.05, 0.1) is 6.61 Å². The Morgan fingerprint density at radius 1 is 1.50 bits per heavy atom. The number of aliphatic hydroxyl groups is 1. The molecule has 88 valence electrons. The Morgan fingerprint density at radius 3 is 2.88 bits per heavy atom. The van der Waals surface area contributed by atoms with Gasteiger partial charge in [0.25, 0.3) is 0 Å². The second-order valence-corrected chi connectivity index (χ2v) is 3.84. The van der Waals surface area contributed by atoms with Crippen LogP contribution in [0, 0.1) is 0 Å².